The van der Waals surface area contributed by atoms with Crippen molar-refractivity contribution in [1.29, 1.82) is 0 Å². The first-order chi connectivity index (χ1) is 8.68. The summed E-state index contributed by atoms with van der Waals surface area (Å²) in [5.41, 5.74) is 9.78. The van der Waals surface area contributed by atoms with Crippen molar-refractivity contribution >= 4 is 11.6 Å². The third kappa shape index (κ3) is 1.74. The van der Waals surface area contributed by atoms with Crippen LogP contribution in [-0.4, -0.2) is 18.5 Å². The molecular formula is C15H20N2O. The van der Waals surface area contributed by atoms with Gasteiger partial charge in [-0.05, 0) is 43.4 Å². The first-order valence-corrected chi connectivity index (χ1v) is 6.84. The van der Waals surface area contributed by atoms with Gasteiger partial charge in [0.05, 0.1) is 5.92 Å². The van der Waals surface area contributed by atoms with E-state index in [1.807, 2.05) is 11.0 Å². The molecule has 0 radical (unpaired) electrons. The molecule has 3 nitrogen and oxygen atoms in total. The molecule has 1 aromatic carbocycles. The lowest BCUT2D eigenvalue weighted by atomic mass is 10.0. The maximum atomic E-state index is 12.6. The summed E-state index contributed by atoms with van der Waals surface area (Å²) in [4.78, 5) is 14.5. The number of amides is 1. The van der Waals surface area contributed by atoms with Gasteiger partial charge in [-0.3, -0.25) is 4.79 Å². The molecule has 1 saturated carbocycles. The summed E-state index contributed by atoms with van der Waals surface area (Å²) in [6, 6.07) is 6.28. The van der Waals surface area contributed by atoms with Gasteiger partial charge < -0.3 is 10.6 Å². The summed E-state index contributed by atoms with van der Waals surface area (Å²) >= 11 is 0. The molecule has 0 spiro atoms. The van der Waals surface area contributed by atoms with Gasteiger partial charge in [0.1, 0.15) is 0 Å². The predicted molar refractivity (Wildman–Crippen MR) is 72.6 cm³/mol. The van der Waals surface area contributed by atoms with Gasteiger partial charge in [0.2, 0.25) is 5.91 Å². The van der Waals surface area contributed by atoms with E-state index in [1.165, 1.54) is 11.1 Å². The Morgan fingerprint density at radius 3 is 2.94 bits per heavy atom. The van der Waals surface area contributed by atoms with Crippen molar-refractivity contribution in [2.75, 3.05) is 11.4 Å². The molecule has 2 atom stereocenters. The van der Waals surface area contributed by atoms with Gasteiger partial charge in [-0.25, -0.2) is 0 Å². The van der Waals surface area contributed by atoms with E-state index in [4.69, 9.17) is 5.73 Å². The summed E-state index contributed by atoms with van der Waals surface area (Å²) in [7, 11) is 0. The SMILES string of the molecule is Cc1cccc2c1CCN2C(=O)[C@@H]1CCC[C@H]1N. The van der Waals surface area contributed by atoms with Crippen LogP contribution in [0.1, 0.15) is 30.4 Å². The number of carbonyl (C=O) groups excluding carboxylic acids is 1. The zero-order valence-corrected chi connectivity index (χ0v) is 10.9. The van der Waals surface area contributed by atoms with Crippen molar-refractivity contribution < 1.29 is 4.79 Å². The van der Waals surface area contributed by atoms with Gasteiger partial charge >= 0.3 is 0 Å². The van der Waals surface area contributed by atoms with Crippen LogP contribution in [0.5, 0.6) is 0 Å². The Labute approximate surface area is 108 Å². The highest BCUT2D eigenvalue weighted by molar-refractivity contribution is 5.97. The average Bonchev–Trinajstić information content (AvgIpc) is 2.95. The maximum absolute atomic E-state index is 12.6. The van der Waals surface area contributed by atoms with Crippen LogP contribution in [0.2, 0.25) is 0 Å². The van der Waals surface area contributed by atoms with E-state index in [9.17, 15) is 4.79 Å². The number of rotatable bonds is 1. The fourth-order valence-electron chi connectivity index (χ4n) is 3.33. The Morgan fingerprint density at radius 2 is 2.22 bits per heavy atom. The van der Waals surface area contributed by atoms with Crippen LogP contribution < -0.4 is 10.6 Å². The minimum atomic E-state index is 0.0384. The molecular weight excluding hydrogens is 224 g/mol. The van der Waals surface area contributed by atoms with E-state index in [0.29, 0.717) is 0 Å². The normalized spacial score (nSPS) is 26.4. The third-order valence-corrected chi connectivity index (χ3v) is 4.41. The highest BCUT2D eigenvalue weighted by Crippen LogP contribution is 2.34. The van der Waals surface area contributed by atoms with Crippen LogP contribution in [0.3, 0.4) is 0 Å². The van der Waals surface area contributed by atoms with Gasteiger partial charge in [0.15, 0.2) is 0 Å². The minimum absolute atomic E-state index is 0.0384. The average molecular weight is 244 g/mol. The second-order valence-corrected chi connectivity index (χ2v) is 5.51. The fraction of sp³-hybridized carbons (Fsp3) is 0.533. The highest BCUT2D eigenvalue weighted by atomic mass is 16.2. The lowest BCUT2D eigenvalue weighted by Crippen LogP contribution is -2.41. The van der Waals surface area contributed by atoms with Crippen molar-refractivity contribution in [2.45, 2.75) is 38.6 Å². The predicted octanol–water partition coefficient (Wildman–Crippen LogP) is 2.01. The van der Waals surface area contributed by atoms with Crippen LogP contribution in [0.4, 0.5) is 5.69 Å². The zero-order chi connectivity index (χ0) is 12.7. The Bertz CT molecular complexity index is 483. The van der Waals surface area contributed by atoms with Gasteiger partial charge in [-0.15, -0.1) is 0 Å². The number of benzene rings is 1. The zero-order valence-electron chi connectivity index (χ0n) is 10.9. The van der Waals surface area contributed by atoms with Gasteiger partial charge in [-0.1, -0.05) is 18.6 Å². The summed E-state index contributed by atoms with van der Waals surface area (Å²) in [6.45, 7) is 2.94. The van der Waals surface area contributed by atoms with E-state index < -0.39 is 0 Å². The van der Waals surface area contributed by atoms with E-state index >= 15 is 0 Å². The van der Waals surface area contributed by atoms with Crippen molar-refractivity contribution in [2.24, 2.45) is 11.7 Å². The molecule has 0 saturated heterocycles. The molecule has 1 heterocycles. The molecule has 1 aliphatic carbocycles. The summed E-state index contributed by atoms with van der Waals surface area (Å²) in [6.07, 6.45) is 4.02. The van der Waals surface area contributed by atoms with Crippen molar-refractivity contribution in [1.82, 2.24) is 0 Å². The van der Waals surface area contributed by atoms with E-state index in [2.05, 4.69) is 19.1 Å². The van der Waals surface area contributed by atoms with Crippen LogP contribution in [-0.2, 0) is 11.2 Å². The molecule has 2 aliphatic rings. The first kappa shape index (κ1) is 11.7. The van der Waals surface area contributed by atoms with Crippen molar-refractivity contribution in [3.63, 3.8) is 0 Å². The van der Waals surface area contributed by atoms with Gasteiger partial charge in [0, 0.05) is 18.3 Å². The second kappa shape index (κ2) is 4.39. The Morgan fingerprint density at radius 1 is 1.39 bits per heavy atom. The van der Waals surface area contributed by atoms with E-state index in [-0.39, 0.29) is 17.9 Å². The molecule has 0 bridgehead atoms. The van der Waals surface area contributed by atoms with Crippen molar-refractivity contribution in [3.8, 4) is 0 Å². The lowest BCUT2D eigenvalue weighted by molar-refractivity contribution is -0.122. The highest BCUT2D eigenvalue weighted by Gasteiger charge is 2.36. The van der Waals surface area contributed by atoms with Crippen LogP contribution >= 0.6 is 0 Å². The smallest absolute Gasteiger partial charge is 0.231 e. The lowest BCUT2D eigenvalue weighted by Gasteiger charge is -2.23. The standard InChI is InChI=1S/C15H20N2O/c1-10-4-2-7-14-11(10)8-9-17(14)15(18)12-5-3-6-13(12)16/h2,4,7,12-13H,3,5-6,8-9,16H2,1H3/t12-,13-/m1/s1. The number of fused-ring (bicyclic) bond motifs is 1. The summed E-state index contributed by atoms with van der Waals surface area (Å²) < 4.78 is 0. The number of anilines is 1. The number of hydrogen-bond donors (Lipinski definition) is 1. The molecule has 18 heavy (non-hydrogen) atoms. The number of nitrogens with two attached hydrogens (primary N) is 1. The number of hydrogen-bond acceptors (Lipinski definition) is 2. The second-order valence-electron chi connectivity index (χ2n) is 5.51. The van der Waals surface area contributed by atoms with E-state index in [0.717, 1.165) is 37.9 Å². The van der Waals surface area contributed by atoms with E-state index in [1.54, 1.807) is 0 Å². The quantitative estimate of drug-likeness (QED) is 0.821. The molecule has 3 heteroatoms. The van der Waals surface area contributed by atoms with Gasteiger partial charge in [-0.2, -0.15) is 0 Å². The topological polar surface area (TPSA) is 46.3 Å². The molecule has 3 rings (SSSR count). The largest absolute Gasteiger partial charge is 0.327 e. The number of nitrogens with zero attached hydrogens (tertiary/aromatic N) is 1. The Balaban J connectivity index is 1.88. The number of aryl methyl sites for hydroxylation is 1. The summed E-state index contributed by atoms with van der Waals surface area (Å²) in [5, 5.41) is 0. The minimum Gasteiger partial charge on any atom is -0.327 e. The molecule has 1 fully saturated rings. The molecule has 1 aliphatic heterocycles. The molecule has 1 aromatic rings. The molecule has 1 amide bonds. The van der Waals surface area contributed by atoms with Crippen LogP contribution in [0.15, 0.2) is 18.2 Å². The number of carbonyl (C=O) groups is 1. The van der Waals surface area contributed by atoms with Crippen molar-refractivity contribution in [3.05, 3.63) is 29.3 Å². The third-order valence-electron chi connectivity index (χ3n) is 4.41. The molecule has 2 N–H and O–H groups in total. The molecule has 96 valence electrons. The Kier molecular flexibility index (Phi) is 2.86. The molecule has 0 aromatic heterocycles. The maximum Gasteiger partial charge on any atom is 0.231 e. The molecule has 0 unspecified atom stereocenters. The van der Waals surface area contributed by atoms with Gasteiger partial charge in [0.25, 0.3) is 0 Å². The van der Waals surface area contributed by atoms with Crippen LogP contribution in [0, 0.1) is 12.8 Å². The summed E-state index contributed by atoms with van der Waals surface area (Å²) in [5.74, 6) is 0.279. The fourth-order valence-corrected chi connectivity index (χ4v) is 3.33. The Hall–Kier alpha value is -1.35. The van der Waals surface area contributed by atoms with Crippen LogP contribution in [0.25, 0.3) is 0 Å². The first-order valence-electron chi connectivity index (χ1n) is 6.84. The monoisotopic (exact) mass is 244 g/mol.